The fourth-order valence-corrected chi connectivity index (χ4v) is 2.23. The van der Waals surface area contributed by atoms with Crippen molar-refractivity contribution in [3.05, 3.63) is 65.6 Å². The molecule has 0 N–H and O–H groups in total. The maximum absolute atomic E-state index is 3.50. The first kappa shape index (κ1) is 8.72. The van der Waals surface area contributed by atoms with Crippen LogP contribution in [-0.4, -0.2) is 0 Å². The highest BCUT2D eigenvalue weighted by atomic mass is 14.2. The number of fused-ring (bicyclic) bond motifs is 3. The second-order valence-corrected chi connectivity index (χ2v) is 3.86. The van der Waals surface area contributed by atoms with E-state index in [2.05, 4.69) is 55.8 Å². The van der Waals surface area contributed by atoms with Crippen LogP contribution in [0.2, 0.25) is 0 Å². The summed E-state index contributed by atoms with van der Waals surface area (Å²) in [4.78, 5) is 0. The maximum Gasteiger partial charge on any atom is 0.0517 e. The van der Waals surface area contributed by atoms with Crippen LogP contribution in [0.25, 0.3) is 11.1 Å². The topological polar surface area (TPSA) is 0 Å². The van der Waals surface area contributed by atoms with E-state index in [4.69, 9.17) is 0 Å². The molecule has 2 radical (unpaired) electrons. The van der Waals surface area contributed by atoms with Crippen LogP contribution >= 0.6 is 0 Å². The van der Waals surface area contributed by atoms with Crippen molar-refractivity contribution in [1.82, 2.24) is 0 Å². The molecule has 0 aliphatic heterocycles. The monoisotopic (exact) mass is 192 g/mol. The van der Waals surface area contributed by atoms with Crippen molar-refractivity contribution in [3.8, 4) is 11.1 Å². The Hall–Kier alpha value is -1.56. The van der Waals surface area contributed by atoms with E-state index in [0.29, 0.717) is 0 Å². The van der Waals surface area contributed by atoms with Crippen molar-refractivity contribution in [2.24, 2.45) is 0 Å². The van der Waals surface area contributed by atoms with E-state index in [-0.39, 0.29) is 0 Å². The van der Waals surface area contributed by atoms with Gasteiger partial charge in [0.05, 0.1) is 6.42 Å². The van der Waals surface area contributed by atoms with Crippen LogP contribution < -0.4 is 0 Å². The lowest BCUT2D eigenvalue weighted by Gasteiger charge is -2.04. The smallest absolute Gasteiger partial charge is 0.0517 e. The van der Waals surface area contributed by atoms with Crippen LogP contribution in [0, 0.1) is 6.42 Å². The molecule has 2 aromatic rings. The van der Waals surface area contributed by atoms with Crippen molar-refractivity contribution in [2.45, 2.75) is 13.3 Å². The first-order valence-corrected chi connectivity index (χ1v) is 5.38. The number of rotatable bonds is 1. The summed E-state index contributed by atoms with van der Waals surface area (Å²) in [7, 11) is 0. The molecule has 0 aromatic heterocycles. The van der Waals surface area contributed by atoms with Crippen LogP contribution in [-0.2, 0) is 6.42 Å². The van der Waals surface area contributed by atoms with Gasteiger partial charge in [0.2, 0.25) is 0 Å². The van der Waals surface area contributed by atoms with Crippen LogP contribution in [0.15, 0.2) is 42.5 Å². The highest BCUT2D eigenvalue weighted by Crippen LogP contribution is 2.39. The molecule has 0 saturated heterocycles. The van der Waals surface area contributed by atoms with Gasteiger partial charge in [-0.1, -0.05) is 49.4 Å². The van der Waals surface area contributed by atoms with Crippen molar-refractivity contribution >= 4 is 0 Å². The minimum Gasteiger partial charge on any atom is -0.0619 e. The predicted octanol–water partition coefficient (Wildman–Crippen LogP) is 3.71. The van der Waals surface area contributed by atoms with Gasteiger partial charge in [-0.15, -0.1) is 0 Å². The van der Waals surface area contributed by atoms with Gasteiger partial charge in [0.15, 0.2) is 0 Å². The largest absolute Gasteiger partial charge is 0.0619 e. The summed E-state index contributed by atoms with van der Waals surface area (Å²) in [6.45, 7) is 2.19. The molecule has 0 bridgehead atoms. The van der Waals surface area contributed by atoms with E-state index in [1.54, 1.807) is 0 Å². The van der Waals surface area contributed by atoms with E-state index < -0.39 is 0 Å². The summed E-state index contributed by atoms with van der Waals surface area (Å²) in [5.41, 5.74) is 6.58. The molecule has 0 fully saturated rings. The summed E-state index contributed by atoms with van der Waals surface area (Å²) in [6.07, 6.45) is 4.57. The maximum atomic E-state index is 3.50. The zero-order valence-corrected chi connectivity index (χ0v) is 8.75. The van der Waals surface area contributed by atoms with Gasteiger partial charge in [-0.2, -0.15) is 0 Å². The van der Waals surface area contributed by atoms with Gasteiger partial charge in [0, 0.05) is 0 Å². The van der Waals surface area contributed by atoms with Gasteiger partial charge in [-0.05, 0) is 34.2 Å². The Morgan fingerprint density at radius 2 is 1.73 bits per heavy atom. The van der Waals surface area contributed by atoms with Crippen molar-refractivity contribution < 1.29 is 0 Å². The summed E-state index contributed by atoms with van der Waals surface area (Å²) in [5.74, 6) is 0. The Labute approximate surface area is 90.6 Å². The Morgan fingerprint density at radius 3 is 2.60 bits per heavy atom. The van der Waals surface area contributed by atoms with Gasteiger partial charge in [-0.25, -0.2) is 0 Å². The summed E-state index contributed by atoms with van der Waals surface area (Å²) >= 11 is 0. The normalized spacial score (nSPS) is 12.3. The number of hydrogen-bond donors (Lipinski definition) is 0. The van der Waals surface area contributed by atoms with E-state index in [1.165, 1.54) is 27.8 Å². The first-order valence-electron chi connectivity index (χ1n) is 5.38. The van der Waals surface area contributed by atoms with Crippen LogP contribution in [0.1, 0.15) is 23.6 Å². The number of hydrogen-bond acceptors (Lipinski definition) is 0. The van der Waals surface area contributed by atoms with Gasteiger partial charge >= 0.3 is 0 Å². The molecule has 0 atom stereocenters. The second kappa shape index (κ2) is 3.23. The van der Waals surface area contributed by atoms with E-state index in [1.807, 2.05) is 0 Å². The third-order valence-electron chi connectivity index (χ3n) is 3.01. The highest BCUT2D eigenvalue weighted by molar-refractivity contribution is 5.82. The molecular weight excluding hydrogens is 180 g/mol. The van der Waals surface area contributed by atoms with Gasteiger partial charge < -0.3 is 0 Å². The minimum absolute atomic E-state index is 1.07. The molecule has 1 aliphatic carbocycles. The molecular formula is C15H12. The molecule has 72 valence electrons. The lowest BCUT2D eigenvalue weighted by atomic mass is 10.00. The Bertz CT molecular complexity index is 509. The molecule has 1 aliphatic rings. The first-order chi connectivity index (χ1) is 7.40. The zero-order chi connectivity index (χ0) is 10.3. The van der Waals surface area contributed by atoms with Crippen LogP contribution in [0.3, 0.4) is 0 Å². The molecule has 0 saturated carbocycles. The molecule has 3 rings (SSSR count). The minimum atomic E-state index is 1.07. The summed E-state index contributed by atoms with van der Waals surface area (Å²) < 4.78 is 0. The molecule has 0 heteroatoms. The van der Waals surface area contributed by atoms with Crippen molar-refractivity contribution in [3.63, 3.8) is 0 Å². The van der Waals surface area contributed by atoms with Crippen LogP contribution in [0.5, 0.6) is 0 Å². The Morgan fingerprint density at radius 1 is 0.933 bits per heavy atom. The Kier molecular flexibility index (Phi) is 1.88. The van der Waals surface area contributed by atoms with E-state index in [9.17, 15) is 0 Å². The fourth-order valence-electron chi connectivity index (χ4n) is 2.23. The Balaban J connectivity index is 2.26. The lowest BCUT2D eigenvalue weighted by molar-refractivity contribution is 1.12. The standard InChI is InChI=1S/C15H12/c1-2-11-7-5-9-14-13-8-4-3-6-12(13)10-15(11)14/h3-9H,2H2,1H3. The molecule has 2 aromatic carbocycles. The van der Waals surface area contributed by atoms with Gasteiger partial charge in [-0.3, -0.25) is 0 Å². The van der Waals surface area contributed by atoms with E-state index >= 15 is 0 Å². The molecule has 0 nitrogen and oxygen atoms in total. The molecule has 15 heavy (non-hydrogen) atoms. The molecule has 0 heterocycles. The molecule has 0 amide bonds. The highest BCUT2D eigenvalue weighted by Gasteiger charge is 2.20. The quantitative estimate of drug-likeness (QED) is 0.551. The van der Waals surface area contributed by atoms with E-state index in [0.717, 1.165) is 6.42 Å². The number of benzene rings is 2. The third kappa shape index (κ3) is 1.21. The summed E-state index contributed by atoms with van der Waals surface area (Å²) in [6, 6.07) is 15.0. The lowest BCUT2D eigenvalue weighted by Crippen LogP contribution is -1.88. The van der Waals surface area contributed by atoms with Gasteiger partial charge in [0.25, 0.3) is 0 Å². The zero-order valence-electron chi connectivity index (χ0n) is 8.75. The van der Waals surface area contributed by atoms with Gasteiger partial charge in [0.1, 0.15) is 0 Å². The summed E-state index contributed by atoms with van der Waals surface area (Å²) in [5, 5.41) is 0. The predicted molar refractivity (Wildman–Crippen MR) is 62.7 cm³/mol. The van der Waals surface area contributed by atoms with Crippen molar-refractivity contribution in [1.29, 1.82) is 0 Å². The average Bonchev–Trinajstić information content (AvgIpc) is 2.67. The van der Waals surface area contributed by atoms with Crippen molar-refractivity contribution in [2.75, 3.05) is 0 Å². The average molecular weight is 192 g/mol. The SMILES string of the molecule is CCc1cccc2c1[C]c1ccccc1-2. The fraction of sp³-hybridized carbons (Fsp3) is 0.133. The molecule has 0 unspecified atom stereocenters. The van der Waals surface area contributed by atoms with Crippen LogP contribution in [0.4, 0.5) is 0 Å². The second-order valence-electron chi connectivity index (χ2n) is 3.86. The number of aryl methyl sites for hydroxylation is 1. The molecule has 0 spiro atoms. The third-order valence-corrected chi connectivity index (χ3v) is 3.01.